The first-order chi connectivity index (χ1) is 8.78. The molecular formula is C13H11N3OS. The standard InChI is InChI=1S/C13H11N3OS/c14-6-11-3-1-10(2-4-11)5-13(17)16-8-12-7-15-9-18-12/h1-4,7,9H,5,8H2,(H,16,17). The first-order valence-electron chi connectivity index (χ1n) is 5.41. The molecule has 0 aliphatic carbocycles. The average Bonchev–Trinajstić information content (AvgIpc) is 2.90. The molecule has 0 spiro atoms. The molecule has 0 fully saturated rings. The molecule has 1 aromatic carbocycles. The fraction of sp³-hybridized carbons (Fsp3) is 0.154. The Balaban J connectivity index is 1.85. The second-order valence-electron chi connectivity index (χ2n) is 3.73. The summed E-state index contributed by atoms with van der Waals surface area (Å²) in [6.45, 7) is 0.514. The van der Waals surface area contributed by atoms with Gasteiger partial charge < -0.3 is 5.32 Å². The molecule has 18 heavy (non-hydrogen) atoms. The van der Waals surface area contributed by atoms with E-state index in [0.717, 1.165) is 10.4 Å². The summed E-state index contributed by atoms with van der Waals surface area (Å²) in [6.07, 6.45) is 2.07. The summed E-state index contributed by atoms with van der Waals surface area (Å²) < 4.78 is 0. The van der Waals surface area contributed by atoms with Crippen molar-refractivity contribution in [3.05, 3.63) is 52.0 Å². The number of carbonyl (C=O) groups excluding carboxylic acids is 1. The molecule has 0 radical (unpaired) electrons. The largest absolute Gasteiger partial charge is 0.351 e. The van der Waals surface area contributed by atoms with Crippen LogP contribution in [0, 0.1) is 11.3 Å². The molecular weight excluding hydrogens is 246 g/mol. The Kier molecular flexibility index (Phi) is 4.05. The lowest BCUT2D eigenvalue weighted by Gasteiger charge is -2.03. The first kappa shape index (κ1) is 12.3. The normalized spacial score (nSPS) is 9.72. The van der Waals surface area contributed by atoms with E-state index in [1.54, 1.807) is 36.0 Å². The van der Waals surface area contributed by atoms with Gasteiger partial charge in [-0.15, -0.1) is 11.3 Å². The zero-order valence-electron chi connectivity index (χ0n) is 9.59. The van der Waals surface area contributed by atoms with Gasteiger partial charge in [0.05, 0.1) is 30.1 Å². The van der Waals surface area contributed by atoms with E-state index in [-0.39, 0.29) is 5.91 Å². The van der Waals surface area contributed by atoms with Crippen molar-refractivity contribution in [2.75, 3.05) is 0 Å². The van der Waals surface area contributed by atoms with Crippen LogP contribution in [0.4, 0.5) is 0 Å². The molecule has 1 N–H and O–H groups in total. The zero-order chi connectivity index (χ0) is 12.8. The third kappa shape index (κ3) is 3.40. The highest BCUT2D eigenvalue weighted by molar-refractivity contribution is 7.09. The SMILES string of the molecule is N#Cc1ccc(CC(=O)NCc2cncs2)cc1. The maximum atomic E-state index is 11.7. The van der Waals surface area contributed by atoms with Gasteiger partial charge in [0.25, 0.3) is 0 Å². The second kappa shape index (κ2) is 5.94. The number of hydrogen-bond donors (Lipinski definition) is 1. The summed E-state index contributed by atoms with van der Waals surface area (Å²) in [7, 11) is 0. The molecule has 5 heteroatoms. The number of nitrogens with one attached hydrogen (secondary N) is 1. The van der Waals surface area contributed by atoms with Crippen LogP contribution in [-0.4, -0.2) is 10.9 Å². The van der Waals surface area contributed by atoms with Gasteiger partial charge >= 0.3 is 0 Å². The Morgan fingerprint density at radius 3 is 2.78 bits per heavy atom. The highest BCUT2D eigenvalue weighted by atomic mass is 32.1. The van der Waals surface area contributed by atoms with Crippen molar-refractivity contribution >= 4 is 17.2 Å². The predicted molar refractivity (Wildman–Crippen MR) is 68.8 cm³/mol. The molecule has 0 unspecified atom stereocenters. The fourth-order valence-electron chi connectivity index (χ4n) is 1.46. The number of nitrogens with zero attached hydrogens (tertiary/aromatic N) is 2. The lowest BCUT2D eigenvalue weighted by atomic mass is 10.1. The summed E-state index contributed by atoms with van der Waals surface area (Å²) in [6, 6.07) is 9.07. The maximum Gasteiger partial charge on any atom is 0.224 e. The van der Waals surface area contributed by atoms with Crippen molar-refractivity contribution in [1.82, 2.24) is 10.3 Å². The van der Waals surface area contributed by atoms with Crippen LogP contribution in [0.3, 0.4) is 0 Å². The van der Waals surface area contributed by atoms with Gasteiger partial charge in [0.2, 0.25) is 5.91 Å². The topological polar surface area (TPSA) is 65.8 Å². The van der Waals surface area contributed by atoms with Crippen LogP contribution < -0.4 is 5.32 Å². The Bertz CT molecular complexity index is 555. The Morgan fingerprint density at radius 2 is 2.17 bits per heavy atom. The molecule has 2 rings (SSSR count). The lowest BCUT2D eigenvalue weighted by Crippen LogP contribution is -2.24. The minimum atomic E-state index is -0.0342. The third-order valence-electron chi connectivity index (χ3n) is 2.39. The predicted octanol–water partition coefficient (Wildman–Crippen LogP) is 1.87. The van der Waals surface area contributed by atoms with Crippen molar-refractivity contribution in [1.29, 1.82) is 5.26 Å². The number of rotatable bonds is 4. The Labute approximate surface area is 109 Å². The maximum absolute atomic E-state index is 11.7. The van der Waals surface area contributed by atoms with Crippen molar-refractivity contribution in [2.24, 2.45) is 0 Å². The van der Waals surface area contributed by atoms with Gasteiger partial charge in [-0.05, 0) is 17.7 Å². The summed E-state index contributed by atoms with van der Waals surface area (Å²) in [4.78, 5) is 16.6. The second-order valence-corrected chi connectivity index (χ2v) is 4.70. The average molecular weight is 257 g/mol. The number of hydrogen-bond acceptors (Lipinski definition) is 4. The van der Waals surface area contributed by atoms with Gasteiger partial charge in [-0.25, -0.2) is 0 Å². The van der Waals surface area contributed by atoms with E-state index in [9.17, 15) is 4.79 Å². The molecule has 4 nitrogen and oxygen atoms in total. The summed E-state index contributed by atoms with van der Waals surface area (Å²) in [5, 5.41) is 11.5. The molecule has 1 heterocycles. The number of aromatic nitrogens is 1. The number of nitriles is 1. The molecule has 2 aromatic rings. The van der Waals surface area contributed by atoms with Crippen LogP contribution in [0.2, 0.25) is 0 Å². The number of carbonyl (C=O) groups is 1. The smallest absolute Gasteiger partial charge is 0.224 e. The van der Waals surface area contributed by atoms with E-state index in [4.69, 9.17) is 5.26 Å². The van der Waals surface area contributed by atoms with Crippen molar-refractivity contribution in [2.45, 2.75) is 13.0 Å². The molecule has 0 saturated heterocycles. The van der Waals surface area contributed by atoms with Crippen LogP contribution in [-0.2, 0) is 17.8 Å². The zero-order valence-corrected chi connectivity index (χ0v) is 10.4. The van der Waals surface area contributed by atoms with Crippen molar-refractivity contribution < 1.29 is 4.79 Å². The van der Waals surface area contributed by atoms with Crippen molar-refractivity contribution in [3.8, 4) is 6.07 Å². The molecule has 90 valence electrons. The van der Waals surface area contributed by atoms with Gasteiger partial charge in [0.15, 0.2) is 0 Å². The van der Waals surface area contributed by atoms with E-state index in [1.807, 2.05) is 6.07 Å². The van der Waals surface area contributed by atoms with Crippen LogP contribution in [0.15, 0.2) is 36.0 Å². The van der Waals surface area contributed by atoms with Crippen LogP contribution >= 0.6 is 11.3 Å². The van der Waals surface area contributed by atoms with Gasteiger partial charge in [-0.1, -0.05) is 12.1 Å². The molecule has 0 aliphatic heterocycles. The molecule has 1 amide bonds. The molecule has 1 aromatic heterocycles. The van der Waals surface area contributed by atoms with E-state index < -0.39 is 0 Å². The van der Waals surface area contributed by atoms with E-state index in [0.29, 0.717) is 18.5 Å². The fourth-order valence-corrected chi connectivity index (χ4v) is 1.99. The number of benzene rings is 1. The quantitative estimate of drug-likeness (QED) is 0.909. The van der Waals surface area contributed by atoms with Crippen LogP contribution in [0.5, 0.6) is 0 Å². The summed E-state index contributed by atoms with van der Waals surface area (Å²) >= 11 is 1.51. The van der Waals surface area contributed by atoms with E-state index >= 15 is 0 Å². The minimum Gasteiger partial charge on any atom is -0.351 e. The Morgan fingerprint density at radius 1 is 1.39 bits per heavy atom. The van der Waals surface area contributed by atoms with E-state index in [2.05, 4.69) is 10.3 Å². The van der Waals surface area contributed by atoms with Gasteiger partial charge in [0.1, 0.15) is 0 Å². The van der Waals surface area contributed by atoms with Gasteiger partial charge in [-0.3, -0.25) is 9.78 Å². The first-order valence-corrected chi connectivity index (χ1v) is 6.29. The minimum absolute atomic E-state index is 0.0342. The molecule has 0 atom stereocenters. The van der Waals surface area contributed by atoms with Crippen LogP contribution in [0.25, 0.3) is 0 Å². The highest BCUT2D eigenvalue weighted by Crippen LogP contribution is 2.06. The van der Waals surface area contributed by atoms with E-state index in [1.165, 1.54) is 11.3 Å². The van der Waals surface area contributed by atoms with Gasteiger partial charge in [-0.2, -0.15) is 5.26 Å². The monoisotopic (exact) mass is 257 g/mol. The number of thiazole rings is 1. The van der Waals surface area contributed by atoms with Crippen molar-refractivity contribution in [3.63, 3.8) is 0 Å². The number of amides is 1. The summed E-state index contributed by atoms with van der Waals surface area (Å²) in [5.74, 6) is -0.0342. The highest BCUT2D eigenvalue weighted by Gasteiger charge is 2.04. The van der Waals surface area contributed by atoms with Gasteiger partial charge in [0, 0.05) is 11.1 Å². The molecule has 0 aliphatic rings. The summed E-state index contributed by atoms with van der Waals surface area (Å²) in [5.41, 5.74) is 3.24. The lowest BCUT2D eigenvalue weighted by molar-refractivity contribution is -0.120. The Hall–Kier alpha value is -2.19. The molecule has 0 saturated carbocycles. The third-order valence-corrected chi connectivity index (χ3v) is 3.17. The molecule has 0 bridgehead atoms. The van der Waals surface area contributed by atoms with Crippen LogP contribution in [0.1, 0.15) is 16.0 Å².